The third-order valence-electron chi connectivity index (χ3n) is 4.59. The number of hydrogen-bond donors (Lipinski definition) is 0. The first-order chi connectivity index (χ1) is 13.3. The average molecular weight is 407 g/mol. The molecule has 0 spiro atoms. The van der Waals surface area contributed by atoms with Crippen LogP contribution < -0.4 is 4.74 Å². The molecule has 1 aliphatic heterocycles. The SMILES string of the molecule is COc1ccc(C2N(C(=O)N(C)C)CCN2S(=O)(=O)c2ccc(F)cc2)cc1. The van der Waals surface area contributed by atoms with Crippen molar-refractivity contribution in [2.75, 3.05) is 34.3 Å². The van der Waals surface area contributed by atoms with E-state index in [4.69, 9.17) is 4.74 Å². The lowest BCUT2D eigenvalue weighted by molar-refractivity contribution is 0.151. The molecule has 2 aromatic carbocycles. The molecule has 0 N–H and O–H groups in total. The number of benzene rings is 2. The molecule has 0 aliphatic carbocycles. The van der Waals surface area contributed by atoms with Gasteiger partial charge < -0.3 is 14.5 Å². The van der Waals surface area contributed by atoms with Gasteiger partial charge in [-0.3, -0.25) is 0 Å². The third-order valence-corrected chi connectivity index (χ3v) is 6.46. The van der Waals surface area contributed by atoms with Crippen LogP contribution in [0.1, 0.15) is 11.7 Å². The zero-order chi connectivity index (χ0) is 20.5. The quantitative estimate of drug-likeness (QED) is 0.781. The average Bonchev–Trinajstić information content (AvgIpc) is 3.13. The Morgan fingerprint density at radius 1 is 1.07 bits per heavy atom. The molecular formula is C19H22FN3O4S. The summed E-state index contributed by atoms with van der Waals surface area (Å²) in [6.45, 7) is 0.379. The number of carbonyl (C=O) groups excluding carboxylic acids is 1. The van der Waals surface area contributed by atoms with E-state index in [0.717, 1.165) is 12.1 Å². The molecule has 1 fully saturated rings. The Hall–Kier alpha value is -2.65. The highest BCUT2D eigenvalue weighted by molar-refractivity contribution is 7.89. The third kappa shape index (κ3) is 3.67. The summed E-state index contributed by atoms with van der Waals surface area (Å²) < 4.78 is 46.1. The van der Waals surface area contributed by atoms with Crippen LogP contribution in [0.3, 0.4) is 0 Å². The lowest BCUT2D eigenvalue weighted by atomic mass is 10.1. The highest BCUT2D eigenvalue weighted by atomic mass is 32.2. The predicted octanol–water partition coefficient (Wildman–Crippen LogP) is 2.52. The van der Waals surface area contributed by atoms with Crippen molar-refractivity contribution in [2.45, 2.75) is 11.1 Å². The van der Waals surface area contributed by atoms with Gasteiger partial charge in [-0.25, -0.2) is 17.6 Å². The standard InChI is InChI=1S/C19H22FN3O4S/c1-21(2)19(24)22-12-13-23(18(22)14-4-8-16(27-3)9-5-14)28(25,26)17-10-6-15(20)7-11-17/h4-11,18H,12-13H2,1-3H3. The van der Waals surface area contributed by atoms with E-state index in [1.807, 2.05) is 0 Å². The van der Waals surface area contributed by atoms with E-state index in [0.29, 0.717) is 11.3 Å². The van der Waals surface area contributed by atoms with E-state index < -0.39 is 22.0 Å². The van der Waals surface area contributed by atoms with Gasteiger partial charge in [-0.2, -0.15) is 4.31 Å². The lowest BCUT2D eigenvalue weighted by Crippen LogP contribution is -2.42. The Bertz CT molecular complexity index is 946. The Kier molecular flexibility index (Phi) is 5.57. The number of nitrogens with zero attached hydrogens (tertiary/aromatic N) is 3. The van der Waals surface area contributed by atoms with Gasteiger partial charge in [0.25, 0.3) is 0 Å². The monoisotopic (exact) mass is 407 g/mol. The lowest BCUT2D eigenvalue weighted by Gasteiger charge is -2.31. The number of sulfonamides is 1. The fraction of sp³-hybridized carbons (Fsp3) is 0.316. The van der Waals surface area contributed by atoms with Crippen LogP contribution in [0.4, 0.5) is 9.18 Å². The number of halogens is 1. The molecule has 1 atom stereocenters. The molecule has 1 unspecified atom stereocenters. The van der Waals surface area contributed by atoms with E-state index in [1.165, 1.54) is 33.3 Å². The maximum absolute atomic E-state index is 13.2. The van der Waals surface area contributed by atoms with Gasteiger partial charge >= 0.3 is 6.03 Å². The van der Waals surface area contributed by atoms with Crippen molar-refractivity contribution in [2.24, 2.45) is 0 Å². The number of rotatable bonds is 4. The van der Waals surface area contributed by atoms with Crippen molar-refractivity contribution in [3.8, 4) is 5.75 Å². The van der Waals surface area contributed by atoms with Crippen LogP contribution in [0.25, 0.3) is 0 Å². The van der Waals surface area contributed by atoms with E-state index in [9.17, 15) is 17.6 Å². The van der Waals surface area contributed by atoms with Crippen molar-refractivity contribution in [1.29, 1.82) is 0 Å². The molecule has 28 heavy (non-hydrogen) atoms. The molecular weight excluding hydrogens is 385 g/mol. The summed E-state index contributed by atoms with van der Waals surface area (Å²) in [5, 5.41) is 0. The first-order valence-corrected chi connectivity index (χ1v) is 10.1. The van der Waals surface area contributed by atoms with Crippen molar-refractivity contribution in [3.63, 3.8) is 0 Å². The minimum Gasteiger partial charge on any atom is -0.497 e. The Morgan fingerprint density at radius 3 is 2.21 bits per heavy atom. The van der Waals surface area contributed by atoms with Gasteiger partial charge in [-0.1, -0.05) is 12.1 Å². The molecule has 0 radical (unpaired) electrons. The minimum atomic E-state index is -3.94. The summed E-state index contributed by atoms with van der Waals surface area (Å²) in [7, 11) is 0.833. The normalized spacial score (nSPS) is 17.6. The van der Waals surface area contributed by atoms with Crippen LogP contribution in [0.5, 0.6) is 5.75 Å². The number of methoxy groups -OCH3 is 1. The van der Waals surface area contributed by atoms with Crippen molar-refractivity contribution in [1.82, 2.24) is 14.1 Å². The summed E-state index contributed by atoms with van der Waals surface area (Å²) in [4.78, 5) is 15.6. The zero-order valence-electron chi connectivity index (χ0n) is 15.9. The Morgan fingerprint density at radius 2 is 1.68 bits per heavy atom. The smallest absolute Gasteiger partial charge is 0.321 e. The largest absolute Gasteiger partial charge is 0.497 e. The molecule has 0 aromatic heterocycles. The van der Waals surface area contributed by atoms with Gasteiger partial charge in [0.05, 0.1) is 12.0 Å². The van der Waals surface area contributed by atoms with Gasteiger partial charge in [0.15, 0.2) is 0 Å². The second-order valence-electron chi connectivity index (χ2n) is 6.59. The Balaban J connectivity index is 2.05. The molecule has 0 bridgehead atoms. The second-order valence-corrected chi connectivity index (χ2v) is 8.48. The van der Waals surface area contributed by atoms with Gasteiger partial charge in [-0.05, 0) is 42.0 Å². The summed E-state index contributed by atoms with van der Waals surface area (Å²) in [6, 6.07) is 11.3. The maximum atomic E-state index is 13.2. The van der Waals surface area contributed by atoms with Gasteiger partial charge in [0, 0.05) is 27.2 Å². The molecule has 150 valence electrons. The van der Waals surface area contributed by atoms with Crippen LogP contribution in [-0.4, -0.2) is 62.8 Å². The molecule has 2 amide bonds. The van der Waals surface area contributed by atoms with Crippen LogP contribution >= 0.6 is 0 Å². The topological polar surface area (TPSA) is 70.2 Å². The Labute approximate surface area is 164 Å². The highest BCUT2D eigenvalue weighted by Gasteiger charge is 2.43. The second kappa shape index (κ2) is 7.76. The molecule has 2 aromatic rings. The number of amides is 2. The van der Waals surface area contributed by atoms with Crippen molar-refractivity contribution < 1.29 is 22.3 Å². The fourth-order valence-corrected chi connectivity index (χ4v) is 4.75. The van der Waals surface area contributed by atoms with Crippen molar-refractivity contribution in [3.05, 3.63) is 59.9 Å². The van der Waals surface area contributed by atoms with Gasteiger partial charge in [0.1, 0.15) is 17.7 Å². The summed E-state index contributed by atoms with van der Waals surface area (Å²) >= 11 is 0. The van der Waals surface area contributed by atoms with Crippen LogP contribution in [0.2, 0.25) is 0 Å². The molecule has 3 rings (SSSR count). The van der Waals surface area contributed by atoms with E-state index >= 15 is 0 Å². The number of carbonyl (C=O) groups is 1. The first-order valence-electron chi connectivity index (χ1n) is 8.65. The number of ether oxygens (including phenoxy) is 1. The highest BCUT2D eigenvalue weighted by Crippen LogP contribution is 2.36. The van der Waals surface area contributed by atoms with Crippen LogP contribution in [-0.2, 0) is 10.0 Å². The molecule has 1 heterocycles. The molecule has 1 saturated heterocycles. The van der Waals surface area contributed by atoms with Crippen LogP contribution in [0, 0.1) is 5.82 Å². The molecule has 0 saturated carbocycles. The van der Waals surface area contributed by atoms with E-state index in [2.05, 4.69) is 0 Å². The van der Waals surface area contributed by atoms with Crippen LogP contribution in [0.15, 0.2) is 53.4 Å². The predicted molar refractivity (Wildman–Crippen MR) is 102 cm³/mol. The molecule has 9 heteroatoms. The van der Waals surface area contributed by atoms with E-state index in [-0.39, 0.29) is 24.0 Å². The summed E-state index contributed by atoms with van der Waals surface area (Å²) in [5.74, 6) is 0.108. The summed E-state index contributed by atoms with van der Waals surface area (Å²) in [6.07, 6.45) is -0.809. The molecule has 7 nitrogen and oxygen atoms in total. The summed E-state index contributed by atoms with van der Waals surface area (Å²) in [5.41, 5.74) is 0.638. The zero-order valence-corrected chi connectivity index (χ0v) is 16.7. The van der Waals surface area contributed by atoms with Gasteiger partial charge in [0.2, 0.25) is 10.0 Å². The number of hydrogen-bond acceptors (Lipinski definition) is 4. The number of urea groups is 1. The van der Waals surface area contributed by atoms with Crippen molar-refractivity contribution >= 4 is 16.1 Å². The van der Waals surface area contributed by atoms with Gasteiger partial charge in [-0.15, -0.1) is 0 Å². The van der Waals surface area contributed by atoms with E-state index in [1.54, 1.807) is 38.4 Å². The minimum absolute atomic E-state index is 0.0217. The molecule has 1 aliphatic rings. The fourth-order valence-electron chi connectivity index (χ4n) is 3.18. The first kappa shape index (κ1) is 20.1. The maximum Gasteiger partial charge on any atom is 0.321 e.